The third kappa shape index (κ3) is 12.7. The van der Waals surface area contributed by atoms with Crippen molar-refractivity contribution in [3.05, 3.63) is 42.7 Å². The summed E-state index contributed by atoms with van der Waals surface area (Å²) >= 11 is 0. The molecule has 0 N–H and O–H groups in total. The molecule has 158 valence electrons. The second kappa shape index (κ2) is 16.3. The Balaban J connectivity index is 2.15. The molecule has 0 aliphatic heterocycles. The smallest absolute Gasteiger partial charge is 0.333 e. The molecule has 28 heavy (non-hydrogen) atoms. The van der Waals surface area contributed by atoms with Crippen molar-refractivity contribution in [2.45, 2.75) is 110 Å². The summed E-state index contributed by atoms with van der Waals surface area (Å²) < 4.78 is 7.74. The molecular weight excluding hydrogens is 346 g/mol. The van der Waals surface area contributed by atoms with E-state index < -0.39 is 0 Å². The van der Waals surface area contributed by atoms with Gasteiger partial charge in [0.2, 0.25) is 0 Å². The van der Waals surface area contributed by atoms with Crippen molar-refractivity contribution >= 4 is 5.97 Å². The van der Waals surface area contributed by atoms with E-state index in [0.29, 0.717) is 12.1 Å². The first-order chi connectivity index (χ1) is 13.6. The van der Waals surface area contributed by atoms with Crippen LogP contribution < -0.4 is 4.57 Å². The Morgan fingerprint density at radius 3 is 1.86 bits per heavy atom. The summed E-state index contributed by atoms with van der Waals surface area (Å²) in [5.41, 5.74) is 0.470. The molecule has 0 radical (unpaired) electrons. The van der Waals surface area contributed by atoms with Crippen LogP contribution in [-0.4, -0.2) is 12.1 Å². The number of hydrogen-bond acceptors (Lipinski definition) is 2. The fourth-order valence-electron chi connectivity index (χ4n) is 3.44. The van der Waals surface area contributed by atoms with Gasteiger partial charge in [-0.1, -0.05) is 90.2 Å². The van der Waals surface area contributed by atoms with Gasteiger partial charge >= 0.3 is 5.97 Å². The van der Waals surface area contributed by atoms with Crippen LogP contribution in [0.2, 0.25) is 0 Å². The average Bonchev–Trinajstić information content (AvgIpc) is 2.69. The number of hydrogen-bond donors (Lipinski definition) is 0. The van der Waals surface area contributed by atoms with E-state index >= 15 is 0 Å². The van der Waals surface area contributed by atoms with E-state index in [0.717, 1.165) is 12.8 Å². The highest BCUT2D eigenvalue weighted by atomic mass is 16.5. The van der Waals surface area contributed by atoms with Crippen LogP contribution in [-0.2, 0) is 16.1 Å². The minimum Gasteiger partial charge on any atom is -0.452 e. The van der Waals surface area contributed by atoms with E-state index in [1.165, 1.54) is 70.6 Å². The van der Waals surface area contributed by atoms with Gasteiger partial charge in [0, 0.05) is 17.7 Å². The lowest BCUT2D eigenvalue weighted by Crippen LogP contribution is -2.41. The molecule has 0 aliphatic rings. The SMILES string of the molecule is C=C(C)C(=O)O[C@@H](CCCCCCCCCCCCCC)C[n+]1ccccc1. The maximum atomic E-state index is 11.9. The van der Waals surface area contributed by atoms with Crippen molar-refractivity contribution < 1.29 is 14.1 Å². The van der Waals surface area contributed by atoms with Gasteiger partial charge in [-0.3, -0.25) is 0 Å². The standard InChI is InChI=1S/C25H42NO2/c1-4-5-6-7-8-9-10-11-12-13-14-16-19-24(28-25(27)23(2)3)22-26-20-17-15-18-21-26/h15,17-18,20-21,24H,2,4-14,16,19,22H2,1,3H3/q+1/t24-/m0/s1. The first-order valence-corrected chi connectivity index (χ1v) is 11.4. The summed E-state index contributed by atoms with van der Waals surface area (Å²) in [6, 6.07) is 6.00. The molecule has 1 heterocycles. The van der Waals surface area contributed by atoms with Crippen LogP contribution in [0.3, 0.4) is 0 Å². The zero-order valence-electron chi connectivity index (χ0n) is 18.3. The Labute approximate surface area is 173 Å². The van der Waals surface area contributed by atoms with Gasteiger partial charge < -0.3 is 4.74 Å². The van der Waals surface area contributed by atoms with Crippen LogP contribution in [0.25, 0.3) is 0 Å². The number of carbonyl (C=O) groups excluding carboxylic acids is 1. The maximum absolute atomic E-state index is 11.9. The number of rotatable bonds is 17. The van der Waals surface area contributed by atoms with Gasteiger partial charge in [0.25, 0.3) is 0 Å². The summed E-state index contributed by atoms with van der Waals surface area (Å²) in [6.45, 7) is 8.38. The predicted octanol–water partition coefficient (Wildman–Crippen LogP) is 6.55. The Kier molecular flexibility index (Phi) is 14.2. The number of ether oxygens (including phenoxy) is 1. The molecule has 0 fully saturated rings. The predicted molar refractivity (Wildman–Crippen MR) is 117 cm³/mol. The maximum Gasteiger partial charge on any atom is 0.333 e. The number of aromatic nitrogens is 1. The second-order valence-corrected chi connectivity index (χ2v) is 8.06. The van der Waals surface area contributed by atoms with Gasteiger partial charge in [0.15, 0.2) is 25.0 Å². The van der Waals surface area contributed by atoms with Gasteiger partial charge in [-0.25, -0.2) is 9.36 Å². The van der Waals surface area contributed by atoms with Gasteiger partial charge in [0.1, 0.15) is 0 Å². The highest BCUT2D eigenvalue weighted by molar-refractivity contribution is 5.87. The molecule has 1 aromatic heterocycles. The molecule has 3 heteroatoms. The third-order valence-corrected chi connectivity index (χ3v) is 5.19. The van der Waals surface area contributed by atoms with Crippen molar-refractivity contribution in [1.29, 1.82) is 0 Å². The molecule has 1 rings (SSSR count). The monoisotopic (exact) mass is 388 g/mol. The molecule has 1 atom stereocenters. The fraction of sp³-hybridized carbons (Fsp3) is 0.680. The molecule has 0 saturated heterocycles. The largest absolute Gasteiger partial charge is 0.452 e. The number of carbonyl (C=O) groups is 1. The van der Waals surface area contributed by atoms with E-state index in [4.69, 9.17) is 4.74 Å². The molecule has 0 aromatic carbocycles. The fourth-order valence-corrected chi connectivity index (χ4v) is 3.44. The van der Waals surface area contributed by atoms with E-state index in [1.807, 2.05) is 30.6 Å². The minimum absolute atomic E-state index is 0.0836. The Hall–Kier alpha value is -1.64. The highest BCUT2D eigenvalue weighted by Gasteiger charge is 2.19. The van der Waals surface area contributed by atoms with E-state index in [1.54, 1.807) is 6.92 Å². The normalized spacial score (nSPS) is 11.9. The number of pyridine rings is 1. The average molecular weight is 389 g/mol. The van der Waals surface area contributed by atoms with Crippen molar-refractivity contribution in [3.8, 4) is 0 Å². The van der Waals surface area contributed by atoms with Crippen LogP contribution in [0.5, 0.6) is 0 Å². The highest BCUT2D eigenvalue weighted by Crippen LogP contribution is 2.14. The Morgan fingerprint density at radius 1 is 0.857 bits per heavy atom. The summed E-state index contributed by atoms with van der Waals surface area (Å²) in [5, 5.41) is 0. The Bertz CT molecular complexity index is 527. The lowest BCUT2D eigenvalue weighted by atomic mass is 10.0. The van der Waals surface area contributed by atoms with Gasteiger partial charge in [-0.2, -0.15) is 0 Å². The zero-order valence-corrected chi connectivity index (χ0v) is 18.3. The molecule has 0 aliphatic carbocycles. The summed E-state index contributed by atoms with van der Waals surface area (Å²) in [4.78, 5) is 11.9. The van der Waals surface area contributed by atoms with Gasteiger partial charge in [-0.15, -0.1) is 0 Å². The molecule has 0 unspecified atom stereocenters. The van der Waals surface area contributed by atoms with E-state index in [9.17, 15) is 4.79 Å². The van der Waals surface area contributed by atoms with Gasteiger partial charge in [-0.05, 0) is 19.8 Å². The topological polar surface area (TPSA) is 30.2 Å². The first kappa shape index (κ1) is 24.4. The Morgan fingerprint density at radius 2 is 1.36 bits per heavy atom. The van der Waals surface area contributed by atoms with E-state index in [2.05, 4.69) is 18.1 Å². The molecule has 0 amide bonds. The van der Waals surface area contributed by atoms with Crippen molar-refractivity contribution in [2.75, 3.05) is 0 Å². The molecule has 1 aromatic rings. The van der Waals surface area contributed by atoms with Crippen LogP contribution in [0.4, 0.5) is 0 Å². The molecule has 0 saturated carbocycles. The summed E-state index contributed by atoms with van der Waals surface area (Å²) in [5.74, 6) is -0.277. The van der Waals surface area contributed by atoms with Crippen molar-refractivity contribution in [1.82, 2.24) is 0 Å². The summed E-state index contributed by atoms with van der Waals surface area (Å²) in [6.07, 6.45) is 20.9. The first-order valence-electron chi connectivity index (χ1n) is 11.4. The summed E-state index contributed by atoms with van der Waals surface area (Å²) in [7, 11) is 0. The number of unbranched alkanes of at least 4 members (excludes halogenated alkanes) is 11. The van der Waals surface area contributed by atoms with Crippen LogP contribution in [0.15, 0.2) is 42.7 Å². The van der Waals surface area contributed by atoms with E-state index in [-0.39, 0.29) is 12.1 Å². The van der Waals surface area contributed by atoms with Crippen molar-refractivity contribution in [3.63, 3.8) is 0 Å². The molecule has 0 bridgehead atoms. The quantitative estimate of drug-likeness (QED) is 0.131. The lowest BCUT2D eigenvalue weighted by Gasteiger charge is -2.15. The zero-order chi connectivity index (χ0) is 20.5. The second-order valence-electron chi connectivity index (χ2n) is 8.06. The third-order valence-electron chi connectivity index (χ3n) is 5.19. The number of nitrogens with zero attached hydrogens (tertiary/aromatic N) is 1. The molecular formula is C25H42NO2+. The van der Waals surface area contributed by atoms with Crippen LogP contribution in [0.1, 0.15) is 97.3 Å². The van der Waals surface area contributed by atoms with Crippen molar-refractivity contribution in [2.24, 2.45) is 0 Å². The molecule has 3 nitrogen and oxygen atoms in total. The minimum atomic E-state index is -0.277. The van der Waals surface area contributed by atoms with Crippen LogP contribution >= 0.6 is 0 Å². The van der Waals surface area contributed by atoms with Gasteiger partial charge in [0.05, 0.1) is 0 Å². The van der Waals surface area contributed by atoms with Crippen LogP contribution in [0, 0.1) is 0 Å². The molecule has 0 spiro atoms. The lowest BCUT2D eigenvalue weighted by molar-refractivity contribution is -0.703. The number of esters is 1.